The van der Waals surface area contributed by atoms with Crippen LogP contribution in [0.1, 0.15) is 144 Å². The number of hydrogen-bond donors (Lipinski definition) is 0. The zero-order valence-corrected chi connectivity index (χ0v) is 71.1. The molecule has 0 radical (unpaired) electrons. The van der Waals surface area contributed by atoms with E-state index in [0.29, 0.717) is 105 Å². The summed E-state index contributed by atoms with van der Waals surface area (Å²) in [6.07, 6.45) is 4.57. The van der Waals surface area contributed by atoms with Gasteiger partial charge in [-0.05, 0) is 127 Å². The van der Waals surface area contributed by atoms with Crippen LogP contribution >= 0.6 is 0 Å². The molecule has 0 bridgehead atoms. The van der Waals surface area contributed by atoms with E-state index in [-0.39, 0.29) is 136 Å². The number of benzene rings is 12. The Hall–Kier alpha value is -15.6. The van der Waals surface area contributed by atoms with Crippen LogP contribution in [0.5, 0.6) is 0 Å². The fourth-order valence-electron chi connectivity index (χ4n) is 16.1. The fraction of sp³-hybridized carbons (Fsp3) is 0.165. The lowest BCUT2D eigenvalue weighted by molar-refractivity contribution is -0.661. The molecule has 1 atom stereocenters. The van der Waals surface area contributed by atoms with Crippen molar-refractivity contribution in [3.05, 3.63) is 381 Å². The van der Waals surface area contributed by atoms with Crippen LogP contribution in [0.15, 0.2) is 309 Å². The highest BCUT2D eigenvalue weighted by atomic mass is 16.3. The minimum absolute atomic E-state index is 0.0355. The van der Waals surface area contributed by atoms with Crippen LogP contribution in [0.2, 0.25) is 0 Å². The second-order valence-electron chi connectivity index (χ2n) is 31.0. The van der Waals surface area contributed by atoms with Gasteiger partial charge in [-0.15, -0.1) is 0 Å². The molecule has 12 aromatic carbocycles. The van der Waals surface area contributed by atoms with Crippen molar-refractivity contribution in [2.45, 2.75) is 94.2 Å². The quantitative estimate of drug-likeness (QED) is 0.0901. The number of aryl methyl sites for hydroxylation is 9. The lowest BCUT2D eigenvalue weighted by Gasteiger charge is -2.08. The molecule has 0 N–H and O–H groups in total. The van der Waals surface area contributed by atoms with Crippen LogP contribution in [0.4, 0.5) is 22.7 Å². The number of nitrogens with zero attached hydrogens (tertiary/aromatic N) is 8. The zero-order chi connectivity index (χ0) is 118. The van der Waals surface area contributed by atoms with E-state index in [1.165, 1.54) is 43.6 Å². The number of fused-ring (bicyclic) bond motifs is 12. The number of furan rings is 4. The molecule has 0 aliphatic carbocycles. The lowest BCUT2D eigenvalue weighted by atomic mass is 9.97. The normalized spacial score (nSPS) is 16.0. The molecule has 0 aliphatic heterocycles. The first-order chi connectivity index (χ1) is 75.3. The Morgan fingerprint density at radius 2 is 0.575 bits per heavy atom. The average molecular weight is 1690 g/mol. The third-order valence-electron chi connectivity index (χ3n) is 22.1. The van der Waals surface area contributed by atoms with Crippen LogP contribution in [-0.4, -0.2) is 0 Å². The molecule has 0 amide bonds. The van der Waals surface area contributed by atoms with Gasteiger partial charge in [-0.3, -0.25) is 0 Å². The van der Waals surface area contributed by atoms with E-state index in [0.717, 1.165) is 33.2 Å². The van der Waals surface area contributed by atoms with Gasteiger partial charge in [0.2, 0.25) is 22.8 Å². The standard InChI is InChI=1S/C30H27N2O.2C29H25N2O.C27H21N2O/c1-19(2)17-21-12-16-26(32(5)18-21)27-20(3)11-13-23-24-14-15-25(31-4)28(30(24)33-29(23)27)22-9-7-6-8-10-22;2*1-18(2)21-12-16-25(31(5)17-21)26-19(3)11-13-22-23-14-15-24(30-4)27(29(23)32-28(22)26)20-9-7-6-8-10-20;1-17-10-15-23(29(4)16-17)24-18(2)11-12-20-21-13-14-22(28-3)25(27(21)30-26(20)24)19-8-6-5-7-9-19/h6-16,18-19H,17H2,1-3,5H3;2*6-18H,1-3,5H3;5-16H,1-2,4H3/q4*+1/i6D,7D,8D,9D,10D,12D,17D2;1D3,6D,7D,8D,9D,10D,12D,18D;6D,7D,8D,9D,10D,12D,18D;1D3,5D,6D,7D,8D,9D,10D. The first-order valence-corrected chi connectivity index (χ1v) is 40.1. The van der Waals surface area contributed by atoms with Crippen molar-refractivity contribution in [3.63, 3.8) is 0 Å². The Kier molecular flexibility index (Phi) is 14.3. The molecule has 1 unspecified atom stereocenters. The summed E-state index contributed by atoms with van der Waals surface area (Å²) in [5.74, 6) is -3.31. The van der Waals surface area contributed by atoms with E-state index in [4.69, 9.17) is 90.6 Å². The Bertz CT molecular complexity index is 9610. The molecule has 20 rings (SSSR count). The maximum absolute atomic E-state index is 8.69. The molecule has 0 saturated heterocycles. The summed E-state index contributed by atoms with van der Waals surface area (Å²) in [4.78, 5) is 14.3. The summed E-state index contributed by atoms with van der Waals surface area (Å²) >= 11 is 0. The van der Waals surface area contributed by atoms with Gasteiger partial charge in [-0.1, -0.05) is 259 Å². The molecular formula is C115H98N8O4+4. The van der Waals surface area contributed by atoms with Crippen LogP contribution in [0.3, 0.4) is 0 Å². The van der Waals surface area contributed by atoms with Crippen LogP contribution in [0, 0.1) is 66.8 Å². The molecular weight excluding hydrogens is 1560 g/mol. The predicted molar refractivity (Wildman–Crippen MR) is 519 cm³/mol. The van der Waals surface area contributed by atoms with Crippen molar-refractivity contribution in [1.29, 1.82) is 0 Å². The monoisotopic (exact) mass is 1690 g/mol. The third kappa shape index (κ3) is 15.6. The highest BCUT2D eigenvalue weighted by Gasteiger charge is 2.30. The molecule has 0 fully saturated rings. The summed E-state index contributed by atoms with van der Waals surface area (Å²) in [6, 6.07) is 24.7. The van der Waals surface area contributed by atoms with E-state index in [9.17, 15) is 0 Å². The number of pyridine rings is 4. The minimum atomic E-state index is -2.66. The van der Waals surface area contributed by atoms with Crippen LogP contribution < -0.4 is 18.3 Å². The maximum atomic E-state index is 8.69. The second-order valence-corrected chi connectivity index (χ2v) is 31.0. The van der Waals surface area contributed by atoms with Crippen LogP contribution in [-0.2, 0) is 34.6 Å². The van der Waals surface area contributed by atoms with Gasteiger partial charge >= 0.3 is 0 Å². The molecule has 127 heavy (non-hydrogen) atoms. The van der Waals surface area contributed by atoms with Gasteiger partial charge in [0.1, 0.15) is 72.9 Å². The van der Waals surface area contributed by atoms with Crippen molar-refractivity contribution in [3.8, 4) is 89.5 Å². The van der Waals surface area contributed by atoms with Gasteiger partial charge in [0.05, 0.1) is 81.4 Å². The molecule has 8 heterocycles. The van der Waals surface area contributed by atoms with Crippen molar-refractivity contribution < 1.29 is 82.5 Å². The van der Waals surface area contributed by atoms with Crippen LogP contribution in [0.25, 0.3) is 197 Å². The molecule has 8 aromatic heterocycles. The Balaban J connectivity index is 0.000000144. The maximum Gasteiger partial charge on any atom is 0.216 e. The summed E-state index contributed by atoms with van der Waals surface area (Å²) in [7, 11) is 7.00. The molecule has 0 spiro atoms. The van der Waals surface area contributed by atoms with E-state index in [2.05, 4.69) is 19.4 Å². The first kappa shape index (κ1) is 52.1. The van der Waals surface area contributed by atoms with Gasteiger partial charge in [-0.25, -0.2) is 37.6 Å². The van der Waals surface area contributed by atoms with Crippen molar-refractivity contribution in [2.75, 3.05) is 0 Å². The highest BCUT2D eigenvalue weighted by molar-refractivity contribution is 6.19. The van der Waals surface area contributed by atoms with Gasteiger partial charge in [0.25, 0.3) is 0 Å². The average Bonchev–Trinajstić information content (AvgIpc) is 1.58. The van der Waals surface area contributed by atoms with E-state index >= 15 is 0 Å². The SMILES string of the molecule is [2H]c1cc(-c2c(C)ccc3c2oc2c(-c4c([2H])c([2H])c([2H])c([2H])c4[2H])c([N+]#[C-])ccc23)[n+](C)cc1C([2H])(C)C.[2H]c1cc(-c2c(C)ccc3c2oc2c(-c4c([2H])c([2H])c([2H])c([2H])c4[2H])c([N+]#[C-])ccc23)[n+](C)cc1C([2H])(C)C([2H])([2H])[2H].[2H]c1cc(-c2c(C)ccc3c2oc2c(-c4c([2H])c([2H])c([2H])c([2H])c4[2H])c([N+]#[C-])ccc23)[n+](C)cc1C([2H])([2H])C(C)C.[2H]c1cc(-c2c(C)ccc3c2oc2c(-c4c([2H])c([2H])c([2H])c([2H])c4[2H])c([N+]#[C-])ccc23)[n+](C)cc1C([2H])([2H])[2H]. The van der Waals surface area contributed by atoms with Crippen molar-refractivity contribution in [1.82, 2.24) is 0 Å². The smallest absolute Gasteiger partial charge is 0.216 e. The predicted octanol–water partition coefficient (Wildman–Crippen LogP) is 30.2. The molecule has 20 aromatic rings. The Morgan fingerprint density at radius 3 is 0.850 bits per heavy atom. The van der Waals surface area contributed by atoms with Gasteiger partial charge in [0.15, 0.2) is 47.5 Å². The van der Waals surface area contributed by atoms with E-state index in [1.807, 2.05) is 87.8 Å². The van der Waals surface area contributed by atoms with Crippen molar-refractivity contribution >= 4 is 111 Å². The van der Waals surface area contributed by atoms with Gasteiger partial charge in [-0.2, -0.15) is 0 Å². The molecule has 12 nitrogen and oxygen atoms in total. The van der Waals surface area contributed by atoms with Gasteiger partial charge in [0, 0.05) is 126 Å². The topological polar surface area (TPSA) is 85.5 Å². The highest BCUT2D eigenvalue weighted by Crippen LogP contribution is 2.50. The summed E-state index contributed by atoms with van der Waals surface area (Å²) < 4.78 is 313. The molecule has 0 aliphatic rings. The van der Waals surface area contributed by atoms with E-state index in [1.54, 1.807) is 123 Å². The fourth-order valence-corrected chi connectivity index (χ4v) is 16.1. The second kappa shape index (κ2) is 35.0. The van der Waals surface area contributed by atoms with E-state index < -0.39 is 153 Å². The summed E-state index contributed by atoms with van der Waals surface area (Å²) in [5.41, 5.74) is 11.9. The number of aromatic nitrogens is 4. The number of hydrogen-bond acceptors (Lipinski definition) is 4. The zero-order valence-electron chi connectivity index (χ0n) is 105. The summed E-state index contributed by atoms with van der Waals surface area (Å²) in [6.45, 7) is 41.7. The first-order valence-electron chi connectivity index (χ1n) is 57.1. The molecule has 0 saturated carbocycles. The number of rotatable bonds is 12. The largest absolute Gasteiger partial charge is 0.456 e. The molecule has 12 heteroatoms. The third-order valence-corrected chi connectivity index (χ3v) is 22.1. The Morgan fingerprint density at radius 1 is 0.315 bits per heavy atom. The summed E-state index contributed by atoms with van der Waals surface area (Å²) in [5, 5.41) is 5.10. The Labute approximate surface area is 789 Å². The molecule has 618 valence electrons. The lowest BCUT2D eigenvalue weighted by Crippen LogP contribution is -2.31. The minimum Gasteiger partial charge on any atom is -0.456 e. The van der Waals surface area contributed by atoms with Gasteiger partial charge < -0.3 is 17.7 Å². The van der Waals surface area contributed by atoms with Crippen molar-refractivity contribution in [2.24, 2.45) is 34.1 Å².